The zero-order chi connectivity index (χ0) is 22.8. The Labute approximate surface area is 181 Å². The summed E-state index contributed by atoms with van der Waals surface area (Å²) in [5.74, 6) is -1.78. The van der Waals surface area contributed by atoms with Crippen molar-refractivity contribution in [2.45, 2.75) is 20.8 Å². The number of carbonyl (C=O) groups excluding carboxylic acids is 4. The third-order valence-corrected chi connectivity index (χ3v) is 4.19. The molecule has 0 bridgehead atoms. The summed E-state index contributed by atoms with van der Waals surface area (Å²) in [6.07, 6.45) is 0. The van der Waals surface area contributed by atoms with Gasteiger partial charge in [0.15, 0.2) is 6.61 Å². The van der Waals surface area contributed by atoms with Gasteiger partial charge in [0.2, 0.25) is 0 Å². The lowest BCUT2D eigenvalue weighted by atomic mass is 10.1. The number of esters is 1. The van der Waals surface area contributed by atoms with Crippen LogP contribution in [0.3, 0.4) is 0 Å². The fraction of sp³-hybridized carbons (Fsp3) is 0.304. The Morgan fingerprint density at radius 2 is 1.58 bits per heavy atom. The number of amides is 3. The van der Waals surface area contributed by atoms with Crippen molar-refractivity contribution in [1.29, 1.82) is 0 Å². The highest BCUT2D eigenvalue weighted by Gasteiger charge is 2.15. The van der Waals surface area contributed by atoms with Crippen LogP contribution >= 0.6 is 0 Å². The molecule has 0 aliphatic rings. The fourth-order valence-electron chi connectivity index (χ4n) is 2.52. The number of hydrogen-bond acceptors (Lipinski definition) is 5. The highest BCUT2D eigenvalue weighted by molar-refractivity contribution is 6.04. The van der Waals surface area contributed by atoms with Crippen LogP contribution in [0.4, 0.5) is 5.69 Å². The van der Waals surface area contributed by atoms with Crippen LogP contribution in [-0.4, -0.2) is 43.4 Å². The minimum absolute atomic E-state index is 0.289. The van der Waals surface area contributed by atoms with Crippen LogP contribution in [0.25, 0.3) is 0 Å². The fourth-order valence-corrected chi connectivity index (χ4v) is 2.52. The minimum atomic E-state index is -0.751. The lowest BCUT2D eigenvalue weighted by molar-refractivity contribution is -0.146. The van der Waals surface area contributed by atoms with Gasteiger partial charge in [-0.05, 0) is 37.1 Å². The van der Waals surface area contributed by atoms with Crippen molar-refractivity contribution in [3.05, 3.63) is 65.2 Å². The summed E-state index contributed by atoms with van der Waals surface area (Å²) in [5.41, 5.74) is 2.06. The molecule has 2 aromatic carbocycles. The quantitative estimate of drug-likeness (QED) is 0.534. The Morgan fingerprint density at radius 1 is 0.903 bits per heavy atom. The van der Waals surface area contributed by atoms with Gasteiger partial charge in [0.05, 0.1) is 11.3 Å². The first-order chi connectivity index (χ1) is 14.8. The largest absolute Gasteiger partial charge is 0.454 e. The Kier molecular flexibility index (Phi) is 8.75. The molecule has 3 N–H and O–H groups in total. The molecule has 3 amide bonds. The zero-order valence-electron chi connectivity index (χ0n) is 17.9. The van der Waals surface area contributed by atoms with E-state index in [9.17, 15) is 19.2 Å². The van der Waals surface area contributed by atoms with Crippen LogP contribution in [0.15, 0.2) is 48.5 Å². The van der Waals surface area contributed by atoms with Gasteiger partial charge in [0.25, 0.3) is 17.7 Å². The first-order valence-corrected chi connectivity index (χ1v) is 9.94. The summed E-state index contributed by atoms with van der Waals surface area (Å²) >= 11 is 0. The molecule has 0 aliphatic heterocycles. The van der Waals surface area contributed by atoms with Gasteiger partial charge in [-0.1, -0.05) is 43.7 Å². The maximum Gasteiger partial charge on any atom is 0.325 e. The standard InChI is InChI=1S/C23H27N3O5/c1-15(2)12-24-23(30)18-6-4-5-7-19(18)26-20(27)14-31-21(28)13-25-22(29)17-10-8-16(3)9-11-17/h4-11,15H,12-14H2,1-3H3,(H,24,30)(H,25,29)(H,26,27). The molecule has 0 saturated carbocycles. The maximum atomic E-state index is 12.3. The molecule has 2 aromatic rings. The Balaban J connectivity index is 1.81. The van der Waals surface area contributed by atoms with E-state index in [2.05, 4.69) is 16.0 Å². The van der Waals surface area contributed by atoms with Gasteiger partial charge >= 0.3 is 5.97 Å². The van der Waals surface area contributed by atoms with Crippen molar-refractivity contribution in [2.24, 2.45) is 5.92 Å². The average molecular weight is 425 g/mol. The van der Waals surface area contributed by atoms with Gasteiger partial charge in [-0.3, -0.25) is 19.2 Å². The van der Waals surface area contributed by atoms with E-state index < -0.39 is 24.4 Å². The summed E-state index contributed by atoms with van der Waals surface area (Å²) in [7, 11) is 0. The van der Waals surface area contributed by atoms with Crippen molar-refractivity contribution < 1.29 is 23.9 Å². The van der Waals surface area contributed by atoms with Crippen LogP contribution in [-0.2, 0) is 14.3 Å². The normalized spacial score (nSPS) is 10.3. The molecule has 0 atom stereocenters. The van der Waals surface area contributed by atoms with Gasteiger partial charge in [0, 0.05) is 12.1 Å². The maximum absolute atomic E-state index is 12.3. The van der Waals surface area contributed by atoms with Gasteiger partial charge in [-0.15, -0.1) is 0 Å². The first-order valence-electron chi connectivity index (χ1n) is 9.94. The Morgan fingerprint density at radius 3 is 2.26 bits per heavy atom. The van der Waals surface area contributed by atoms with Crippen molar-refractivity contribution >= 4 is 29.4 Å². The monoisotopic (exact) mass is 425 g/mol. The lowest BCUT2D eigenvalue weighted by Gasteiger charge is -2.12. The van der Waals surface area contributed by atoms with Gasteiger partial charge in [-0.25, -0.2) is 0 Å². The topological polar surface area (TPSA) is 114 Å². The molecule has 8 heteroatoms. The van der Waals surface area contributed by atoms with Crippen LogP contribution in [0.5, 0.6) is 0 Å². The highest BCUT2D eigenvalue weighted by Crippen LogP contribution is 2.15. The molecule has 0 unspecified atom stereocenters. The van der Waals surface area contributed by atoms with Crippen LogP contribution in [0.2, 0.25) is 0 Å². The van der Waals surface area contributed by atoms with Crippen molar-refractivity contribution in [3.63, 3.8) is 0 Å². The number of para-hydroxylation sites is 1. The molecule has 0 aliphatic carbocycles. The van der Waals surface area contributed by atoms with E-state index in [0.29, 0.717) is 23.4 Å². The number of anilines is 1. The Bertz CT molecular complexity index is 938. The molecule has 0 saturated heterocycles. The van der Waals surface area contributed by atoms with E-state index in [1.54, 1.807) is 48.5 Å². The summed E-state index contributed by atoms with van der Waals surface area (Å²) in [6.45, 7) is 5.46. The average Bonchev–Trinajstić information content (AvgIpc) is 2.75. The second-order valence-corrected chi connectivity index (χ2v) is 7.41. The molecule has 2 rings (SSSR count). The van der Waals surface area contributed by atoms with Crippen molar-refractivity contribution in [3.8, 4) is 0 Å². The predicted molar refractivity (Wildman–Crippen MR) is 117 cm³/mol. The number of carbonyl (C=O) groups is 4. The zero-order valence-corrected chi connectivity index (χ0v) is 17.9. The SMILES string of the molecule is Cc1ccc(C(=O)NCC(=O)OCC(=O)Nc2ccccc2C(=O)NCC(C)C)cc1. The van der Waals surface area contributed by atoms with Gasteiger partial charge in [-0.2, -0.15) is 0 Å². The molecular weight excluding hydrogens is 398 g/mol. The molecule has 164 valence electrons. The van der Waals surface area contributed by atoms with E-state index in [1.807, 2.05) is 20.8 Å². The lowest BCUT2D eigenvalue weighted by Crippen LogP contribution is -2.32. The molecule has 0 aromatic heterocycles. The molecule has 0 spiro atoms. The summed E-state index contributed by atoms with van der Waals surface area (Å²) in [6, 6.07) is 13.4. The summed E-state index contributed by atoms with van der Waals surface area (Å²) < 4.78 is 4.89. The predicted octanol–water partition coefficient (Wildman–Crippen LogP) is 2.29. The molecule has 0 fully saturated rings. The molecule has 0 radical (unpaired) electrons. The highest BCUT2D eigenvalue weighted by atomic mass is 16.5. The number of nitrogens with one attached hydrogen (secondary N) is 3. The molecular formula is C23H27N3O5. The molecule has 31 heavy (non-hydrogen) atoms. The van der Waals surface area contributed by atoms with E-state index in [4.69, 9.17) is 4.74 Å². The van der Waals surface area contributed by atoms with E-state index in [1.165, 1.54) is 0 Å². The van der Waals surface area contributed by atoms with Gasteiger partial charge < -0.3 is 20.7 Å². The third-order valence-electron chi connectivity index (χ3n) is 4.19. The second-order valence-electron chi connectivity index (χ2n) is 7.41. The third kappa shape index (κ3) is 7.93. The van der Waals surface area contributed by atoms with Crippen LogP contribution in [0, 0.1) is 12.8 Å². The molecule has 8 nitrogen and oxygen atoms in total. The first kappa shape index (κ1) is 23.6. The summed E-state index contributed by atoms with van der Waals surface area (Å²) in [5, 5.41) is 7.80. The van der Waals surface area contributed by atoms with Crippen molar-refractivity contribution in [2.75, 3.05) is 25.0 Å². The number of hydrogen-bond donors (Lipinski definition) is 3. The van der Waals surface area contributed by atoms with Gasteiger partial charge in [0.1, 0.15) is 6.54 Å². The number of rotatable bonds is 9. The Hall–Kier alpha value is -3.68. The van der Waals surface area contributed by atoms with Crippen molar-refractivity contribution in [1.82, 2.24) is 10.6 Å². The van der Waals surface area contributed by atoms with Crippen LogP contribution < -0.4 is 16.0 Å². The van der Waals surface area contributed by atoms with E-state index in [0.717, 1.165) is 5.56 Å². The molecule has 0 heterocycles. The van der Waals surface area contributed by atoms with E-state index >= 15 is 0 Å². The minimum Gasteiger partial charge on any atom is -0.454 e. The van der Waals surface area contributed by atoms with E-state index in [-0.39, 0.29) is 18.4 Å². The number of ether oxygens (including phenoxy) is 1. The number of benzene rings is 2. The number of aryl methyl sites for hydroxylation is 1. The second kappa shape index (κ2) is 11.5. The summed E-state index contributed by atoms with van der Waals surface area (Å²) in [4.78, 5) is 48.3. The smallest absolute Gasteiger partial charge is 0.325 e. The van der Waals surface area contributed by atoms with Crippen LogP contribution in [0.1, 0.15) is 40.1 Å².